The van der Waals surface area contributed by atoms with Gasteiger partial charge in [0.05, 0.1) is 39.3 Å². The van der Waals surface area contributed by atoms with Crippen molar-refractivity contribution in [1.82, 2.24) is 25.6 Å². The Bertz CT molecular complexity index is 971. The molecule has 2 aromatic rings. The topological polar surface area (TPSA) is 128 Å². The molecule has 2 rings (SSSR count). The van der Waals surface area contributed by atoms with Crippen LogP contribution in [0.25, 0.3) is 5.69 Å². The van der Waals surface area contributed by atoms with E-state index in [-0.39, 0.29) is 50.0 Å². The molecule has 0 aliphatic carbocycles. The summed E-state index contributed by atoms with van der Waals surface area (Å²) in [6, 6.07) is 4.00. The summed E-state index contributed by atoms with van der Waals surface area (Å²) in [4.78, 5) is 24.5. The smallest absolute Gasteiger partial charge is 0.405 e. The zero-order valence-corrected chi connectivity index (χ0v) is 19.5. The zero-order valence-electron chi connectivity index (χ0n) is 19.5. The molecular formula is C22H29F4N5O5. The third-order valence-electron chi connectivity index (χ3n) is 4.70. The lowest BCUT2D eigenvalue weighted by molar-refractivity contribution is -0.123. The number of nitrogens with one attached hydrogen (secondary N) is 2. The van der Waals surface area contributed by atoms with E-state index in [2.05, 4.69) is 15.6 Å². The van der Waals surface area contributed by atoms with Gasteiger partial charge in [0.15, 0.2) is 5.69 Å². The molecule has 2 amide bonds. The average Bonchev–Trinajstić information content (AvgIpc) is 3.34. The number of hydrogen-bond donors (Lipinski definition) is 3. The number of aromatic nitrogens is 3. The number of carbonyl (C=O) groups excluding carboxylic acids is 2. The lowest BCUT2D eigenvalue weighted by atomic mass is 10.1. The molecule has 0 spiro atoms. The summed E-state index contributed by atoms with van der Waals surface area (Å²) in [5.74, 6) is -1.31. The molecule has 0 aliphatic heterocycles. The predicted octanol–water partition coefficient (Wildman–Crippen LogP) is 2.21. The Morgan fingerprint density at radius 2 is 1.81 bits per heavy atom. The Balaban J connectivity index is 2.13. The summed E-state index contributed by atoms with van der Waals surface area (Å²) in [5.41, 5.74) is 0.238. The highest BCUT2D eigenvalue weighted by molar-refractivity contribution is 5.95. The molecule has 36 heavy (non-hydrogen) atoms. The standard InChI is InChI=1S/C22H29F4N5O5/c23-7-3-1-2-4-10-36-19-13-16(20(33)28-15-22(24,25)26)5-6-18(19)31-14-17(29-30-31)21(34)27-8-11-35-12-9-32/h5-6,13-14,32H,1-4,7-12,15H2,(H,27,34)(H,28,33). The van der Waals surface area contributed by atoms with E-state index in [1.807, 2.05) is 0 Å². The maximum atomic E-state index is 12.5. The molecule has 0 aliphatic rings. The van der Waals surface area contributed by atoms with E-state index < -0.39 is 31.2 Å². The summed E-state index contributed by atoms with van der Waals surface area (Å²) in [6.45, 7) is -1.28. The average molecular weight is 519 g/mol. The molecule has 0 bridgehead atoms. The van der Waals surface area contributed by atoms with Gasteiger partial charge in [0.2, 0.25) is 0 Å². The molecule has 200 valence electrons. The summed E-state index contributed by atoms with van der Waals surface area (Å²) in [5, 5.41) is 20.8. The number of aliphatic hydroxyl groups is 1. The first kappa shape index (κ1) is 29.0. The number of ether oxygens (including phenoxy) is 2. The maximum absolute atomic E-state index is 12.5. The molecule has 1 heterocycles. The highest BCUT2D eigenvalue weighted by Gasteiger charge is 2.28. The van der Waals surface area contributed by atoms with Gasteiger partial charge in [0, 0.05) is 12.1 Å². The van der Waals surface area contributed by atoms with Crippen molar-refractivity contribution in [3.8, 4) is 11.4 Å². The van der Waals surface area contributed by atoms with Crippen LogP contribution in [0.2, 0.25) is 0 Å². The van der Waals surface area contributed by atoms with E-state index in [0.29, 0.717) is 31.4 Å². The van der Waals surface area contributed by atoms with Crippen LogP contribution in [-0.4, -0.2) is 84.3 Å². The second-order valence-corrected chi connectivity index (χ2v) is 7.57. The molecule has 0 unspecified atom stereocenters. The molecule has 10 nitrogen and oxygen atoms in total. The van der Waals surface area contributed by atoms with E-state index in [4.69, 9.17) is 14.6 Å². The highest BCUT2D eigenvalue weighted by Crippen LogP contribution is 2.25. The normalized spacial score (nSPS) is 11.4. The molecule has 3 N–H and O–H groups in total. The largest absolute Gasteiger partial charge is 0.491 e. The zero-order chi connectivity index (χ0) is 26.4. The minimum absolute atomic E-state index is 0.0127. The number of aliphatic hydroxyl groups excluding tert-OH is 1. The number of rotatable bonds is 16. The second-order valence-electron chi connectivity index (χ2n) is 7.57. The van der Waals surface area contributed by atoms with Gasteiger partial charge in [-0.1, -0.05) is 11.6 Å². The Morgan fingerprint density at radius 3 is 2.53 bits per heavy atom. The van der Waals surface area contributed by atoms with Crippen LogP contribution in [0.4, 0.5) is 17.6 Å². The van der Waals surface area contributed by atoms with E-state index >= 15 is 0 Å². The van der Waals surface area contributed by atoms with E-state index in [1.165, 1.54) is 29.1 Å². The van der Waals surface area contributed by atoms with Crippen molar-refractivity contribution < 1.29 is 41.7 Å². The van der Waals surface area contributed by atoms with Crippen LogP contribution in [0.3, 0.4) is 0 Å². The third kappa shape index (κ3) is 10.2. The van der Waals surface area contributed by atoms with Crippen molar-refractivity contribution in [3.63, 3.8) is 0 Å². The van der Waals surface area contributed by atoms with Crippen molar-refractivity contribution in [3.05, 3.63) is 35.7 Å². The van der Waals surface area contributed by atoms with Gasteiger partial charge < -0.3 is 25.2 Å². The van der Waals surface area contributed by atoms with Crippen molar-refractivity contribution >= 4 is 11.8 Å². The Morgan fingerprint density at radius 1 is 1.03 bits per heavy atom. The SMILES string of the molecule is O=C(NCC(F)(F)F)c1ccc(-n2cc(C(=O)NCCOCCO)nn2)c(OCCCCCCF)c1. The molecule has 0 fully saturated rings. The first-order chi connectivity index (χ1) is 17.2. The molecular weight excluding hydrogens is 490 g/mol. The van der Waals surface area contributed by atoms with Gasteiger partial charge >= 0.3 is 6.18 Å². The van der Waals surface area contributed by atoms with Gasteiger partial charge in [-0.2, -0.15) is 13.2 Å². The monoisotopic (exact) mass is 519 g/mol. The minimum Gasteiger partial charge on any atom is -0.491 e. The minimum atomic E-state index is -4.56. The Hall–Kier alpha value is -3.26. The fourth-order valence-corrected chi connectivity index (χ4v) is 2.95. The summed E-state index contributed by atoms with van der Waals surface area (Å²) in [6.07, 6.45) is -0.807. The first-order valence-corrected chi connectivity index (χ1v) is 11.3. The number of carbonyl (C=O) groups is 2. The predicted molar refractivity (Wildman–Crippen MR) is 120 cm³/mol. The summed E-state index contributed by atoms with van der Waals surface area (Å²) in [7, 11) is 0. The number of nitrogens with zero attached hydrogens (tertiary/aromatic N) is 3. The van der Waals surface area contributed by atoms with Gasteiger partial charge in [0.1, 0.15) is 18.0 Å². The van der Waals surface area contributed by atoms with Crippen LogP contribution in [0.15, 0.2) is 24.4 Å². The number of alkyl halides is 4. The number of halogens is 4. The molecule has 14 heteroatoms. The number of benzene rings is 1. The molecule has 0 radical (unpaired) electrons. The molecule has 0 saturated carbocycles. The molecule has 1 aromatic carbocycles. The van der Waals surface area contributed by atoms with Crippen LogP contribution in [0.5, 0.6) is 5.75 Å². The van der Waals surface area contributed by atoms with Gasteiger partial charge in [-0.15, -0.1) is 5.10 Å². The van der Waals surface area contributed by atoms with Crippen molar-refractivity contribution in [1.29, 1.82) is 0 Å². The van der Waals surface area contributed by atoms with Gasteiger partial charge in [-0.05, 0) is 37.5 Å². The first-order valence-electron chi connectivity index (χ1n) is 11.3. The van der Waals surface area contributed by atoms with Crippen LogP contribution in [0, 0.1) is 0 Å². The van der Waals surface area contributed by atoms with Gasteiger partial charge in [0.25, 0.3) is 11.8 Å². The number of hydrogen-bond acceptors (Lipinski definition) is 7. The number of unbranched alkanes of at least 4 members (excludes halogenated alkanes) is 3. The van der Waals surface area contributed by atoms with E-state index in [1.54, 1.807) is 5.32 Å². The third-order valence-corrected chi connectivity index (χ3v) is 4.70. The summed E-state index contributed by atoms with van der Waals surface area (Å²) < 4.78 is 61.7. The van der Waals surface area contributed by atoms with Crippen LogP contribution in [0.1, 0.15) is 46.5 Å². The Labute approximate surface area is 204 Å². The van der Waals surface area contributed by atoms with Gasteiger partial charge in [-0.25, -0.2) is 4.68 Å². The van der Waals surface area contributed by atoms with Crippen LogP contribution >= 0.6 is 0 Å². The van der Waals surface area contributed by atoms with Crippen LogP contribution in [-0.2, 0) is 4.74 Å². The Kier molecular flexibility index (Phi) is 12.1. The number of amides is 2. The molecule has 0 saturated heterocycles. The fourth-order valence-electron chi connectivity index (χ4n) is 2.95. The van der Waals surface area contributed by atoms with Crippen molar-refractivity contribution in [2.24, 2.45) is 0 Å². The maximum Gasteiger partial charge on any atom is 0.405 e. The highest BCUT2D eigenvalue weighted by atomic mass is 19.4. The van der Waals surface area contributed by atoms with Crippen molar-refractivity contribution in [2.75, 3.05) is 46.2 Å². The molecule has 0 atom stereocenters. The summed E-state index contributed by atoms with van der Waals surface area (Å²) >= 11 is 0. The fraction of sp³-hybridized carbons (Fsp3) is 0.545. The van der Waals surface area contributed by atoms with E-state index in [0.717, 1.165) is 0 Å². The quantitative estimate of drug-likeness (QED) is 0.229. The van der Waals surface area contributed by atoms with Crippen molar-refractivity contribution in [2.45, 2.75) is 31.9 Å². The van der Waals surface area contributed by atoms with E-state index in [9.17, 15) is 27.2 Å². The van der Waals surface area contributed by atoms with Crippen LogP contribution < -0.4 is 15.4 Å². The second kappa shape index (κ2) is 15.0. The van der Waals surface area contributed by atoms with Gasteiger partial charge in [-0.3, -0.25) is 14.0 Å². The lowest BCUT2D eigenvalue weighted by Crippen LogP contribution is -2.33. The lowest BCUT2D eigenvalue weighted by Gasteiger charge is -2.14. The molecule has 1 aromatic heterocycles.